The van der Waals surface area contributed by atoms with E-state index in [1.165, 1.54) is 0 Å². The van der Waals surface area contributed by atoms with Crippen LogP contribution in [0.2, 0.25) is 5.02 Å². The Morgan fingerprint density at radius 3 is 2.91 bits per heavy atom. The summed E-state index contributed by atoms with van der Waals surface area (Å²) in [5.74, 6) is 0.305. The molecule has 0 spiro atoms. The molecule has 0 radical (unpaired) electrons. The first-order chi connectivity index (χ1) is 16.4. The predicted octanol–water partition coefficient (Wildman–Crippen LogP) is 2.11. The molecule has 1 aromatic carbocycles. The number of aromatic amines is 2. The molecule has 10 nitrogen and oxygen atoms in total. The van der Waals surface area contributed by atoms with Crippen molar-refractivity contribution >= 4 is 34.8 Å². The average molecular weight is 482 g/mol. The minimum absolute atomic E-state index is 0.0741. The van der Waals surface area contributed by atoms with Crippen LogP contribution in [0.1, 0.15) is 25.5 Å². The zero-order valence-electron chi connectivity index (χ0n) is 18.5. The number of aromatic nitrogens is 5. The van der Waals surface area contributed by atoms with E-state index in [0.29, 0.717) is 47.0 Å². The van der Waals surface area contributed by atoms with E-state index in [1.54, 1.807) is 28.9 Å². The summed E-state index contributed by atoms with van der Waals surface area (Å²) in [6.07, 6.45) is 5.38. The Hall–Kier alpha value is -3.63. The molecule has 0 unspecified atom stereocenters. The van der Waals surface area contributed by atoms with E-state index in [1.807, 2.05) is 25.1 Å². The molecule has 176 valence electrons. The summed E-state index contributed by atoms with van der Waals surface area (Å²) >= 11 is 6.14. The third-order valence-electron chi connectivity index (χ3n) is 5.76. The Bertz CT molecular complexity index is 1520. The second-order valence-corrected chi connectivity index (χ2v) is 8.85. The van der Waals surface area contributed by atoms with Gasteiger partial charge in [0.05, 0.1) is 12.8 Å². The number of nitrogens with one attached hydrogen (secondary N) is 3. The number of rotatable bonds is 8. The highest BCUT2D eigenvalue weighted by Gasteiger charge is 2.42. The quantitative estimate of drug-likeness (QED) is 0.304. The maximum absolute atomic E-state index is 11.5. The van der Waals surface area contributed by atoms with Crippen molar-refractivity contribution in [1.29, 1.82) is 0 Å². The first kappa shape index (κ1) is 22.2. The lowest BCUT2D eigenvalue weighted by atomic mass is 10.1. The van der Waals surface area contributed by atoms with E-state index >= 15 is 0 Å². The standard InChI is InChI=1S/C23H24ClN7O3/c1-2-34-13-23(6-7-23)12-25-19-10-18(27-16-5-3-4-15(24)9-16)29-20-14(11-26-31(19)20)8-17-21(32)30-22(33)28-17/h3-5,8-11,27,32H,2,6-7,12-13H2,1H3,(H2,28,30,33)/b14-8+,25-19?. The zero-order chi connectivity index (χ0) is 23.7. The largest absolute Gasteiger partial charge is 0.493 e. The third kappa shape index (κ3) is 4.68. The highest BCUT2D eigenvalue weighted by atomic mass is 35.5. The molecule has 11 heteroatoms. The summed E-state index contributed by atoms with van der Waals surface area (Å²) in [7, 11) is 0. The minimum Gasteiger partial charge on any atom is -0.493 e. The number of imidazole rings is 1. The van der Waals surface area contributed by atoms with Gasteiger partial charge < -0.3 is 20.1 Å². The van der Waals surface area contributed by atoms with Gasteiger partial charge in [0.2, 0.25) is 5.88 Å². The number of fused-ring (bicyclic) bond motifs is 1. The average Bonchev–Trinajstić information content (AvgIpc) is 3.36. The summed E-state index contributed by atoms with van der Waals surface area (Å²) < 4.78 is 7.30. The number of H-pyrrole nitrogens is 2. The van der Waals surface area contributed by atoms with E-state index in [0.717, 1.165) is 18.5 Å². The van der Waals surface area contributed by atoms with E-state index in [2.05, 4.69) is 20.4 Å². The van der Waals surface area contributed by atoms with E-state index in [4.69, 9.17) is 26.3 Å². The van der Waals surface area contributed by atoms with Crippen molar-refractivity contribution in [3.63, 3.8) is 0 Å². The molecule has 1 fully saturated rings. The van der Waals surface area contributed by atoms with Crippen molar-refractivity contribution in [1.82, 2.24) is 24.6 Å². The first-order valence-corrected chi connectivity index (χ1v) is 11.4. The van der Waals surface area contributed by atoms with Crippen molar-refractivity contribution in [2.75, 3.05) is 25.1 Å². The second kappa shape index (κ2) is 8.96. The Balaban J connectivity index is 1.61. The van der Waals surface area contributed by atoms with Crippen molar-refractivity contribution in [2.45, 2.75) is 19.8 Å². The summed E-state index contributed by atoms with van der Waals surface area (Å²) in [6.45, 7) is 3.98. The van der Waals surface area contributed by atoms with Gasteiger partial charge in [0.15, 0.2) is 11.1 Å². The number of nitrogens with zero attached hydrogens (tertiary/aromatic N) is 4. The number of benzene rings is 1. The minimum atomic E-state index is -0.504. The summed E-state index contributed by atoms with van der Waals surface area (Å²) in [4.78, 5) is 26.0. The molecule has 0 saturated heterocycles. The normalized spacial score (nSPS) is 15.8. The molecule has 0 atom stereocenters. The van der Waals surface area contributed by atoms with Crippen LogP contribution in [-0.2, 0) is 4.74 Å². The van der Waals surface area contributed by atoms with Gasteiger partial charge in [0.25, 0.3) is 0 Å². The van der Waals surface area contributed by atoms with Crippen LogP contribution in [0.3, 0.4) is 0 Å². The van der Waals surface area contributed by atoms with Gasteiger partial charge in [-0.3, -0.25) is 9.98 Å². The Kier molecular flexibility index (Phi) is 5.84. The monoisotopic (exact) mass is 481 g/mol. The molecular formula is C23H24ClN7O3. The lowest BCUT2D eigenvalue weighted by molar-refractivity contribution is 0.103. The lowest BCUT2D eigenvalue weighted by Crippen LogP contribution is -2.22. The van der Waals surface area contributed by atoms with Gasteiger partial charge in [-0.25, -0.2) is 9.78 Å². The molecule has 1 aliphatic rings. The molecule has 4 aromatic rings. The van der Waals surface area contributed by atoms with Crippen LogP contribution in [0, 0.1) is 5.41 Å². The number of anilines is 2. The molecule has 3 aromatic heterocycles. The van der Waals surface area contributed by atoms with Crippen molar-refractivity contribution in [2.24, 2.45) is 10.4 Å². The van der Waals surface area contributed by atoms with Crippen molar-refractivity contribution in [3.8, 4) is 5.88 Å². The van der Waals surface area contributed by atoms with Gasteiger partial charge >= 0.3 is 5.69 Å². The molecule has 5 rings (SSSR count). The second-order valence-electron chi connectivity index (χ2n) is 8.41. The number of hydrogen-bond donors (Lipinski definition) is 4. The Labute approximate surface area is 199 Å². The van der Waals surface area contributed by atoms with Gasteiger partial charge in [0, 0.05) is 40.6 Å². The van der Waals surface area contributed by atoms with E-state index in [-0.39, 0.29) is 17.0 Å². The third-order valence-corrected chi connectivity index (χ3v) is 5.99. The fourth-order valence-corrected chi connectivity index (χ4v) is 3.89. The van der Waals surface area contributed by atoms with Gasteiger partial charge in [-0.05, 0) is 44.0 Å². The lowest BCUT2D eigenvalue weighted by Gasteiger charge is -2.12. The van der Waals surface area contributed by atoms with Gasteiger partial charge in [-0.2, -0.15) is 9.61 Å². The SMILES string of the molecule is CCOCC1(CN=c2cc(Nc3cccc(Cl)c3)nc3/c(=C/c4[nH]c(=O)[nH]c4O)cnn23)CC1. The molecule has 0 amide bonds. The molecule has 4 N–H and O–H groups in total. The summed E-state index contributed by atoms with van der Waals surface area (Å²) in [6, 6.07) is 9.17. The number of hydrogen-bond acceptors (Lipinski definition) is 7. The van der Waals surface area contributed by atoms with Gasteiger partial charge in [-0.1, -0.05) is 17.7 Å². The predicted molar refractivity (Wildman–Crippen MR) is 128 cm³/mol. The highest BCUT2D eigenvalue weighted by Crippen LogP contribution is 2.45. The number of halogens is 1. The Morgan fingerprint density at radius 2 is 2.21 bits per heavy atom. The van der Waals surface area contributed by atoms with Crippen LogP contribution < -0.4 is 21.7 Å². The summed E-state index contributed by atoms with van der Waals surface area (Å²) in [5, 5.41) is 18.9. The number of ether oxygens (including phenoxy) is 1. The fraction of sp³-hybridized carbons (Fsp3) is 0.304. The van der Waals surface area contributed by atoms with Gasteiger partial charge in [-0.15, -0.1) is 0 Å². The van der Waals surface area contributed by atoms with Crippen molar-refractivity contribution in [3.05, 3.63) is 68.4 Å². The maximum Gasteiger partial charge on any atom is 0.326 e. The van der Waals surface area contributed by atoms with E-state index < -0.39 is 5.69 Å². The maximum atomic E-state index is 11.5. The van der Waals surface area contributed by atoms with Crippen LogP contribution in [-0.4, -0.2) is 49.4 Å². The molecule has 1 aliphatic carbocycles. The molecular weight excluding hydrogens is 458 g/mol. The number of aromatic hydroxyl groups is 1. The molecule has 0 aliphatic heterocycles. The van der Waals surface area contributed by atoms with E-state index in [9.17, 15) is 9.90 Å². The molecule has 34 heavy (non-hydrogen) atoms. The zero-order valence-corrected chi connectivity index (χ0v) is 19.3. The van der Waals surface area contributed by atoms with Gasteiger partial charge in [0.1, 0.15) is 11.5 Å². The first-order valence-electron chi connectivity index (χ1n) is 11.0. The molecule has 0 bridgehead atoms. The van der Waals surface area contributed by atoms with Crippen molar-refractivity contribution < 1.29 is 9.84 Å². The van der Waals surface area contributed by atoms with Crippen LogP contribution in [0.5, 0.6) is 5.88 Å². The van der Waals surface area contributed by atoms with Crippen LogP contribution in [0.15, 0.2) is 46.3 Å². The Morgan fingerprint density at radius 1 is 1.35 bits per heavy atom. The van der Waals surface area contributed by atoms with Crippen LogP contribution >= 0.6 is 11.6 Å². The van der Waals surface area contributed by atoms with Crippen LogP contribution in [0.4, 0.5) is 11.5 Å². The smallest absolute Gasteiger partial charge is 0.326 e. The fourth-order valence-electron chi connectivity index (χ4n) is 3.70. The van der Waals surface area contributed by atoms with Crippen LogP contribution in [0.25, 0.3) is 11.7 Å². The molecule has 1 saturated carbocycles. The summed E-state index contributed by atoms with van der Waals surface area (Å²) in [5.41, 5.74) is 1.73. The molecule has 3 heterocycles. The highest BCUT2D eigenvalue weighted by molar-refractivity contribution is 6.30. The topological polar surface area (TPSA) is 133 Å².